The van der Waals surface area contributed by atoms with Crippen molar-refractivity contribution in [3.05, 3.63) is 21.3 Å². The monoisotopic (exact) mass is 319 g/mol. The van der Waals surface area contributed by atoms with E-state index in [1.54, 1.807) is 7.11 Å². The van der Waals surface area contributed by atoms with E-state index in [4.69, 9.17) is 16.3 Å². The van der Waals surface area contributed by atoms with Gasteiger partial charge in [-0.3, -0.25) is 9.59 Å². The highest BCUT2D eigenvalue weighted by Crippen LogP contribution is 2.22. The molecule has 0 spiro atoms. The van der Waals surface area contributed by atoms with E-state index in [0.29, 0.717) is 30.3 Å². The highest BCUT2D eigenvalue weighted by atomic mass is 35.5. The predicted molar refractivity (Wildman–Crippen MR) is 78.1 cm³/mol. The van der Waals surface area contributed by atoms with E-state index < -0.39 is 5.97 Å². The van der Waals surface area contributed by atoms with Crippen LogP contribution < -0.4 is 0 Å². The fraction of sp³-hybridized carbons (Fsp3) is 0.538. The number of methoxy groups -OCH3 is 2. The summed E-state index contributed by atoms with van der Waals surface area (Å²) >= 11 is 7.30. The highest BCUT2D eigenvalue weighted by molar-refractivity contribution is 7.16. The maximum absolute atomic E-state index is 12.1. The van der Waals surface area contributed by atoms with Gasteiger partial charge in [-0.25, -0.2) is 0 Å². The molecule has 1 aromatic rings. The number of carbonyl (C=O) groups is 2. The second-order valence-corrected chi connectivity index (χ2v) is 5.89. The molecule has 0 aliphatic heterocycles. The first-order valence-corrected chi connectivity index (χ1v) is 7.34. The third-order valence-electron chi connectivity index (χ3n) is 2.68. The van der Waals surface area contributed by atoms with E-state index >= 15 is 0 Å². The van der Waals surface area contributed by atoms with Crippen LogP contribution in [0, 0.1) is 0 Å². The van der Waals surface area contributed by atoms with Gasteiger partial charge in [-0.1, -0.05) is 11.6 Å². The summed E-state index contributed by atoms with van der Waals surface area (Å²) in [5, 5.41) is 0. The van der Waals surface area contributed by atoms with Crippen LogP contribution in [0.3, 0.4) is 0 Å². The van der Waals surface area contributed by atoms with E-state index in [1.807, 2.05) is 12.1 Å². The molecule has 1 amide bonds. The third-order valence-corrected chi connectivity index (χ3v) is 3.97. The molecule has 0 N–H and O–H groups in total. The second kappa shape index (κ2) is 8.94. The van der Waals surface area contributed by atoms with E-state index in [-0.39, 0.29) is 12.5 Å². The molecule has 0 aromatic carbocycles. The summed E-state index contributed by atoms with van der Waals surface area (Å²) in [5.41, 5.74) is 0. The number of nitrogens with zero attached hydrogens (tertiary/aromatic N) is 1. The van der Waals surface area contributed by atoms with Gasteiger partial charge in [-0.05, 0) is 18.6 Å². The van der Waals surface area contributed by atoms with Crippen molar-refractivity contribution in [2.24, 2.45) is 0 Å². The Hall–Kier alpha value is -1.11. The SMILES string of the molecule is COCCN(CC(=O)OC)C(=O)CCc1ccc(Cl)s1. The topological polar surface area (TPSA) is 55.8 Å². The number of amides is 1. The van der Waals surface area contributed by atoms with Crippen molar-refractivity contribution < 1.29 is 19.1 Å². The van der Waals surface area contributed by atoms with Crippen molar-refractivity contribution in [2.75, 3.05) is 33.9 Å². The van der Waals surface area contributed by atoms with Crippen molar-refractivity contribution in [2.45, 2.75) is 12.8 Å². The lowest BCUT2D eigenvalue weighted by Crippen LogP contribution is -2.38. The Morgan fingerprint density at radius 2 is 2.10 bits per heavy atom. The molecular formula is C13H18ClNO4S. The normalized spacial score (nSPS) is 10.3. The summed E-state index contributed by atoms with van der Waals surface area (Å²) in [5.74, 6) is -0.536. The molecule has 20 heavy (non-hydrogen) atoms. The number of hydrogen-bond donors (Lipinski definition) is 0. The summed E-state index contributed by atoms with van der Waals surface area (Å²) < 4.78 is 10.2. The molecule has 0 unspecified atom stereocenters. The van der Waals surface area contributed by atoms with Gasteiger partial charge in [0, 0.05) is 25.0 Å². The van der Waals surface area contributed by atoms with Gasteiger partial charge in [-0.2, -0.15) is 0 Å². The number of hydrogen-bond acceptors (Lipinski definition) is 5. The average molecular weight is 320 g/mol. The summed E-state index contributed by atoms with van der Waals surface area (Å²) in [7, 11) is 2.85. The Labute approximate surface area is 127 Å². The molecule has 0 bridgehead atoms. The number of ether oxygens (including phenoxy) is 2. The largest absolute Gasteiger partial charge is 0.468 e. The molecule has 1 heterocycles. The van der Waals surface area contributed by atoms with Crippen molar-refractivity contribution >= 4 is 34.8 Å². The fourth-order valence-electron chi connectivity index (χ4n) is 1.59. The van der Waals surface area contributed by atoms with Gasteiger partial charge in [0.25, 0.3) is 0 Å². The number of rotatable bonds is 8. The standard InChI is InChI=1S/C13H18ClNO4S/c1-18-8-7-15(9-13(17)19-2)12(16)6-4-10-3-5-11(14)20-10/h3,5H,4,6-9H2,1-2H3. The Balaban J connectivity index is 2.50. The van der Waals surface area contributed by atoms with Crippen LogP contribution in [-0.2, 0) is 25.5 Å². The van der Waals surface area contributed by atoms with Crippen molar-refractivity contribution in [3.63, 3.8) is 0 Å². The van der Waals surface area contributed by atoms with Crippen LogP contribution in [0.2, 0.25) is 4.34 Å². The zero-order chi connectivity index (χ0) is 15.0. The third kappa shape index (κ3) is 5.90. The number of carbonyl (C=O) groups excluding carboxylic acids is 2. The van der Waals surface area contributed by atoms with Gasteiger partial charge >= 0.3 is 5.97 Å². The molecule has 0 saturated heterocycles. The maximum atomic E-state index is 12.1. The minimum atomic E-state index is -0.436. The van der Waals surface area contributed by atoms with Crippen molar-refractivity contribution in [1.29, 1.82) is 0 Å². The van der Waals surface area contributed by atoms with Gasteiger partial charge in [0.2, 0.25) is 5.91 Å². The summed E-state index contributed by atoms with van der Waals surface area (Å²) in [6.07, 6.45) is 0.943. The van der Waals surface area contributed by atoms with Crippen LogP contribution in [0.15, 0.2) is 12.1 Å². The Kier molecular flexibility index (Phi) is 7.58. The summed E-state index contributed by atoms with van der Waals surface area (Å²) in [4.78, 5) is 25.9. The first kappa shape index (κ1) is 16.9. The molecule has 0 saturated carbocycles. The number of halogens is 1. The van der Waals surface area contributed by atoms with Gasteiger partial charge in [0.05, 0.1) is 18.1 Å². The molecule has 112 valence electrons. The lowest BCUT2D eigenvalue weighted by molar-refractivity contribution is -0.147. The van der Waals surface area contributed by atoms with Crippen LogP contribution in [0.25, 0.3) is 0 Å². The van der Waals surface area contributed by atoms with Crippen molar-refractivity contribution in [1.82, 2.24) is 4.90 Å². The van der Waals surface area contributed by atoms with Crippen molar-refractivity contribution in [3.8, 4) is 0 Å². The summed E-state index contributed by atoms with van der Waals surface area (Å²) in [6.45, 7) is 0.701. The molecule has 0 radical (unpaired) electrons. The first-order chi connectivity index (χ1) is 9.56. The minimum absolute atomic E-state index is 0.0517. The molecule has 0 aliphatic carbocycles. The van der Waals surface area contributed by atoms with Crippen LogP contribution in [0.5, 0.6) is 0 Å². The lowest BCUT2D eigenvalue weighted by Gasteiger charge is -2.20. The second-order valence-electron chi connectivity index (χ2n) is 4.09. The highest BCUT2D eigenvalue weighted by Gasteiger charge is 2.17. The van der Waals surface area contributed by atoms with Gasteiger partial charge < -0.3 is 14.4 Å². The molecule has 5 nitrogen and oxygen atoms in total. The van der Waals surface area contributed by atoms with Gasteiger partial charge in [0.1, 0.15) is 6.54 Å². The van der Waals surface area contributed by atoms with Crippen LogP contribution in [-0.4, -0.2) is 50.7 Å². The Morgan fingerprint density at radius 1 is 1.35 bits per heavy atom. The average Bonchev–Trinajstić information content (AvgIpc) is 2.86. The van der Waals surface area contributed by atoms with Gasteiger partial charge in [0.15, 0.2) is 0 Å². The van der Waals surface area contributed by atoms with Crippen LogP contribution in [0.4, 0.5) is 0 Å². The van der Waals surface area contributed by atoms with E-state index in [2.05, 4.69) is 4.74 Å². The molecule has 0 atom stereocenters. The molecule has 1 rings (SSSR count). The van der Waals surface area contributed by atoms with E-state index in [1.165, 1.54) is 23.3 Å². The van der Waals surface area contributed by atoms with Crippen LogP contribution >= 0.6 is 22.9 Å². The molecule has 7 heteroatoms. The smallest absolute Gasteiger partial charge is 0.325 e. The summed E-state index contributed by atoms with van der Waals surface area (Å²) in [6, 6.07) is 3.71. The molecule has 1 aromatic heterocycles. The number of thiophene rings is 1. The molecule has 0 fully saturated rings. The minimum Gasteiger partial charge on any atom is -0.468 e. The maximum Gasteiger partial charge on any atom is 0.325 e. The predicted octanol–water partition coefficient (Wildman–Crippen LogP) is 1.98. The Bertz CT molecular complexity index is 449. The Morgan fingerprint density at radius 3 is 2.65 bits per heavy atom. The fourth-order valence-corrected chi connectivity index (χ4v) is 2.68. The molecule has 0 aliphatic rings. The van der Waals surface area contributed by atoms with Gasteiger partial charge in [-0.15, -0.1) is 11.3 Å². The van der Waals surface area contributed by atoms with E-state index in [9.17, 15) is 9.59 Å². The number of aryl methyl sites for hydroxylation is 1. The quantitative estimate of drug-likeness (QED) is 0.688. The van der Waals surface area contributed by atoms with E-state index in [0.717, 1.165) is 4.88 Å². The zero-order valence-electron chi connectivity index (χ0n) is 11.6. The first-order valence-electron chi connectivity index (χ1n) is 6.14. The molecular weight excluding hydrogens is 302 g/mol. The zero-order valence-corrected chi connectivity index (χ0v) is 13.1. The number of esters is 1. The van der Waals surface area contributed by atoms with Crippen LogP contribution in [0.1, 0.15) is 11.3 Å². The lowest BCUT2D eigenvalue weighted by atomic mass is 10.2.